The van der Waals surface area contributed by atoms with Gasteiger partial charge in [0.1, 0.15) is 0 Å². The first-order valence-corrected chi connectivity index (χ1v) is 8.25. The quantitative estimate of drug-likeness (QED) is 0.715. The van der Waals surface area contributed by atoms with Crippen molar-refractivity contribution in [2.75, 3.05) is 25.4 Å². The summed E-state index contributed by atoms with van der Waals surface area (Å²) in [4.78, 5) is 22.6. The Hall–Kier alpha value is -1.15. The van der Waals surface area contributed by atoms with E-state index in [0.717, 1.165) is 0 Å². The summed E-state index contributed by atoms with van der Waals surface area (Å²) < 4.78 is 29.8. The minimum atomic E-state index is -3.72. The van der Waals surface area contributed by atoms with Crippen molar-refractivity contribution in [2.45, 2.75) is 33.1 Å². The monoisotopic (exact) mass is 307 g/mol. The third kappa shape index (κ3) is 3.69. The number of rotatable bonds is 6. The van der Waals surface area contributed by atoms with Gasteiger partial charge in [0.05, 0.1) is 12.0 Å². The average molecular weight is 307 g/mol. The fourth-order valence-electron chi connectivity index (χ4n) is 2.35. The molecule has 116 valence electrons. The molecule has 0 saturated carbocycles. The van der Waals surface area contributed by atoms with Crippen LogP contribution in [0.25, 0.3) is 0 Å². The summed E-state index contributed by atoms with van der Waals surface area (Å²) in [6.07, 6.45) is 0.996. The average Bonchev–Trinajstić information content (AvgIpc) is 2.38. The first kappa shape index (κ1) is 16.9. The Kier molecular flexibility index (Phi) is 5.52. The molecule has 8 heteroatoms. The van der Waals surface area contributed by atoms with E-state index in [1.165, 1.54) is 4.31 Å². The van der Waals surface area contributed by atoms with E-state index in [1.807, 2.05) is 0 Å². The number of nitrogens with zero attached hydrogens (tertiary/aromatic N) is 1. The second-order valence-corrected chi connectivity index (χ2v) is 6.87. The van der Waals surface area contributed by atoms with Crippen molar-refractivity contribution in [3.63, 3.8) is 0 Å². The molecule has 1 fully saturated rings. The minimum Gasteiger partial charge on any atom is -0.481 e. The van der Waals surface area contributed by atoms with Crippen LogP contribution in [0.4, 0.5) is 0 Å². The number of carbonyl (C=O) groups is 2. The molecule has 0 atom stereocenters. The number of esters is 1. The maximum atomic E-state index is 12.0. The Balaban J connectivity index is 2.69. The molecule has 0 aromatic carbocycles. The first-order chi connectivity index (χ1) is 9.27. The summed E-state index contributed by atoms with van der Waals surface area (Å²) in [5.74, 6) is -2.35. The summed E-state index contributed by atoms with van der Waals surface area (Å²) in [5.41, 5.74) is -0.851. The van der Waals surface area contributed by atoms with Gasteiger partial charge < -0.3 is 9.84 Å². The van der Waals surface area contributed by atoms with Crippen LogP contribution in [0.15, 0.2) is 0 Å². The molecule has 0 unspecified atom stereocenters. The highest BCUT2D eigenvalue weighted by molar-refractivity contribution is 7.89. The molecular weight excluding hydrogens is 286 g/mol. The smallest absolute Gasteiger partial charge is 0.322 e. The van der Waals surface area contributed by atoms with E-state index >= 15 is 0 Å². The largest absolute Gasteiger partial charge is 0.481 e. The van der Waals surface area contributed by atoms with Crippen LogP contribution in [0.1, 0.15) is 33.1 Å². The third-order valence-corrected chi connectivity index (χ3v) is 5.56. The highest BCUT2D eigenvalue weighted by Gasteiger charge is 2.42. The van der Waals surface area contributed by atoms with Gasteiger partial charge in [-0.1, -0.05) is 6.92 Å². The normalized spacial score (nSPS) is 19.5. The van der Waals surface area contributed by atoms with Gasteiger partial charge in [-0.25, -0.2) is 12.7 Å². The number of piperidine rings is 1. The highest BCUT2D eigenvalue weighted by atomic mass is 32.2. The molecule has 0 spiro atoms. The van der Waals surface area contributed by atoms with E-state index in [-0.39, 0.29) is 32.5 Å². The molecule has 0 bridgehead atoms. The van der Waals surface area contributed by atoms with Gasteiger partial charge in [0.25, 0.3) is 0 Å². The molecule has 0 aromatic heterocycles. The summed E-state index contributed by atoms with van der Waals surface area (Å²) >= 11 is 0. The zero-order valence-corrected chi connectivity index (χ0v) is 12.6. The predicted molar refractivity (Wildman–Crippen MR) is 71.6 cm³/mol. The molecule has 7 nitrogen and oxygen atoms in total. The number of ether oxygens (including phenoxy) is 1. The first-order valence-electron chi connectivity index (χ1n) is 6.64. The van der Waals surface area contributed by atoms with Gasteiger partial charge in [-0.05, 0) is 26.2 Å². The van der Waals surface area contributed by atoms with E-state index in [0.29, 0.717) is 6.42 Å². The molecule has 1 aliphatic heterocycles. The van der Waals surface area contributed by atoms with Crippen molar-refractivity contribution >= 4 is 22.0 Å². The zero-order chi connectivity index (χ0) is 15.4. The zero-order valence-electron chi connectivity index (χ0n) is 11.8. The van der Waals surface area contributed by atoms with E-state index < -0.39 is 33.1 Å². The molecule has 1 heterocycles. The number of carboxylic acids is 1. The van der Waals surface area contributed by atoms with Gasteiger partial charge in [0.15, 0.2) is 5.75 Å². The van der Waals surface area contributed by atoms with E-state index in [1.54, 1.807) is 13.8 Å². The topological polar surface area (TPSA) is 101 Å². The number of hydrogen-bond acceptors (Lipinski definition) is 5. The van der Waals surface area contributed by atoms with Gasteiger partial charge in [-0.2, -0.15) is 0 Å². The molecule has 1 aliphatic rings. The fourth-order valence-corrected chi connectivity index (χ4v) is 3.66. The summed E-state index contributed by atoms with van der Waals surface area (Å²) in [7, 11) is -3.72. The second-order valence-electron chi connectivity index (χ2n) is 4.90. The van der Waals surface area contributed by atoms with E-state index in [4.69, 9.17) is 0 Å². The van der Waals surface area contributed by atoms with Crippen LogP contribution < -0.4 is 0 Å². The van der Waals surface area contributed by atoms with Crippen molar-refractivity contribution in [2.24, 2.45) is 5.41 Å². The molecule has 1 rings (SSSR count). The Morgan fingerprint density at radius 3 is 2.20 bits per heavy atom. The molecule has 0 aliphatic carbocycles. The second kappa shape index (κ2) is 6.53. The van der Waals surface area contributed by atoms with Crippen LogP contribution in [0.3, 0.4) is 0 Å². The van der Waals surface area contributed by atoms with Crippen LogP contribution in [-0.4, -0.2) is 55.2 Å². The van der Waals surface area contributed by atoms with Crippen LogP contribution in [-0.2, 0) is 24.3 Å². The fraction of sp³-hybridized carbons (Fsp3) is 0.833. The number of carboxylic acid groups (broad SMARTS) is 1. The maximum absolute atomic E-state index is 12.0. The van der Waals surface area contributed by atoms with Gasteiger partial charge in [0.2, 0.25) is 10.0 Å². The van der Waals surface area contributed by atoms with Crippen LogP contribution in [0, 0.1) is 5.41 Å². The van der Waals surface area contributed by atoms with E-state index in [2.05, 4.69) is 4.74 Å². The van der Waals surface area contributed by atoms with Crippen molar-refractivity contribution in [1.29, 1.82) is 0 Å². The van der Waals surface area contributed by atoms with Gasteiger partial charge in [0, 0.05) is 13.1 Å². The number of sulfonamides is 1. The highest BCUT2D eigenvalue weighted by Crippen LogP contribution is 2.35. The molecule has 0 aromatic rings. The maximum Gasteiger partial charge on any atom is 0.322 e. The lowest BCUT2D eigenvalue weighted by Crippen LogP contribution is -2.47. The van der Waals surface area contributed by atoms with Crippen molar-refractivity contribution in [3.05, 3.63) is 0 Å². The number of carbonyl (C=O) groups excluding carboxylic acids is 1. The van der Waals surface area contributed by atoms with Gasteiger partial charge in [-0.3, -0.25) is 9.59 Å². The molecule has 0 amide bonds. The lowest BCUT2D eigenvalue weighted by molar-refractivity contribution is -0.151. The standard InChI is InChI=1S/C12H21NO6S/c1-3-12(11(15)16)5-7-13(8-6-12)20(17,18)9-10(14)19-4-2/h3-9H2,1-2H3,(H,15,16). The Labute approximate surface area is 118 Å². The van der Waals surface area contributed by atoms with Crippen LogP contribution >= 0.6 is 0 Å². The third-order valence-electron chi connectivity index (χ3n) is 3.81. The van der Waals surface area contributed by atoms with Crippen LogP contribution in [0.2, 0.25) is 0 Å². The Morgan fingerprint density at radius 1 is 1.25 bits per heavy atom. The molecular formula is C12H21NO6S. The van der Waals surface area contributed by atoms with Crippen molar-refractivity contribution in [1.82, 2.24) is 4.31 Å². The minimum absolute atomic E-state index is 0.127. The Morgan fingerprint density at radius 2 is 1.80 bits per heavy atom. The molecule has 1 saturated heterocycles. The molecule has 20 heavy (non-hydrogen) atoms. The lowest BCUT2D eigenvalue weighted by atomic mass is 9.77. The number of aliphatic carboxylic acids is 1. The predicted octanol–water partition coefficient (Wildman–Crippen LogP) is 0.456. The summed E-state index contributed by atoms with van der Waals surface area (Å²) in [6, 6.07) is 0. The van der Waals surface area contributed by atoms with E-state index in [9.17, 15) is 23.1 Å². The van der Waals surface area contributed by atoms with Gasteiger partial charge >= 0.3 is 11.9 Å². The summed E-state index contributed by atoms with van der Waals surface area (Å²) in [5, 5.41) is 9.25. The SMILES string of the molecule is CCOC(=O)CS(=O)(=O)N1CCC(CC)(C(=O)O)CC1. The van der Waals surface area contributed by atoms with Crippen molar-refractivity contribution < 1.29 is 27.9 Å². The van der Waals surface area contributed by atoms with Gasteiger partial charge in [-0.15, -0.1) is 0 Å². The van der Waals surface area contributed by atoms with Crippen LogP contribution in [0.5, 0.6) is 0 Å². The number of hydrogen-bond donors (Lipinski definition) is 1. The van der Waals surface area contributed by atoms with Crippen molar-refractivity contribution in [3.8, 4) is 0 Å². The molecule has 0 radical (unpaired) electrons. The molecule has 1 N–H and O–H groups in total. The Bertz CT molecular complexity index is 464. The summed E-state index contributed by atoms with van der Waals surface area (Å²) in [6.45, 7) is 3.78. The lowest BCUT2D eigenvalue weighted by Gasteiger charge is -2.37.